The molecule has 0 spiro atoms. The van der Waals surface area contributed by atoms with Gasteiger partial charge in [-0.3, -0.25) is 0 Å². The van der Waals surface area contributed by atoms with Crippen LogP contribution in [0.3, 0.4) is 0 Å². The summed E-state index contributed by atoms with van der Waals surface area (Å²) < 4.78 is 1.92. The van der Waals surface area contributed by atoms with Crippen LogP contribution in [0.1, 0.15) is 16.5 Å². The second-order valence-corrected chi connectivity index (χ2v) is 7.41. The Morgan fingerprint density at radius 3 is 2.59 bits per heavy atom. The first-order valence-electron chi connectivity index (χ1n) is 4.93. The minimum Gasteiger partial charge on any atom is -0.388 e. The van der Waals surface area contributed by atoms with Crippen molar-refractivity contribution >= 4 is 54.8 Å². The molecule has 0 aliphatic rings. The molecule has 17 heavy (non-hydrogen) atoms. The van der Waals surface area contributed by atoms with Crippen molar-refractivity contribution in [3.8, 4) is 0 Å². The third-order valence-corrected chi connectivity index (χ3v) is 5.23. The van der Waals surface area contributed by atoms with Gasteiger partial charge in [-0.2, -0.15) is 0 Å². The van der Waals surface area contributed by atoms with E-state index in [1.165, 1.54) is 0 Å². The van der Waals surface area contributed by atoms with Gasteiger partial charge in [-0.15, -0.1) is 11.3 Å². The quantitative estimate of drug-likeness (QED) is 0.756. The summed E-state index contributed by atoms with van der Waals surface area (Å²) in [6, 6.07) is 9.52. The molecule has 0 fully saturated rings. The normalized spacial score (nSPS) is 12.7. The highest BCUT2D eigenvalue weighted by molar-refractivity contribution is 9.11. The predicted molar refractivity (Wildman–Crippen MR) is 79.8 cm³/mol. The highest BCUT2D eigenvalue weighted by Gasteiger charge is 2.11. The largest absolute Gasteiger partial charge is 0.388 e. The van der Waals surface area contributed by atoms with Crippen LogP contribution in [0.15, 0.2) is 38.6 Å². The van der Waals surface area contributed by atoms with Crippen molar-refractivity contribution in [3.63, 3.8) is 0 Å². The maximum Gasteiger partial charge on any atom is 0.0838 e. The molecule has 1 unspecified atom stereocenters. The molecule has 2 aromatic rings. The fourth-order valence-electron chi connectivity index (χ4n) is 1.49. The minimum atomic E-state index is -0.522. The number of halogens is 3. The van der Waals surface area contributed by atoms with Crippen LogP contribution < -0.4 is 0 Å². The predicted octanol–water partition coefficient (Wildman–Crippen LogP) is 5.20. The Morgan fingerprint density at radius 2 is 2.00 bits per heavy atom. The molecule has 1 aromatic carbocycles. The van der Waals surface area contributed by atoms with Crippen LogP contribution in [0.2, 0.25) is 5.02 Å². The number of benzene rings is 1. The summed E-state index contributed by atoms with van der Waals surface area (Å²) in [6.45, 7) is 0. The summed E-state index contributed by atoms with van der Waals surface area (Å²) in [5.41, 5.74) is 0.836. The smallest absolute Gasteiger partial charge is 0.0838 e. The first-order valence-corrected chi connectivity index (χ1v) is 7.71. The van der Waals surface area contributed by atoms with Gasteiger partial charge >= 0.3 is 0 Å². The topological polar surface area (TPSA) is 20.2 Å². The lowest BCUT2D eigenvalue weighted by Gasteiger charge is -2.10. The SMILES string of the molecule is OC(Cc1ccc(Br)s1)c1ccc(Br)c(Cl)c1. The number of aliphatic hydroxyl groups is 1. The lowest BCUT2D eigenvalue weighted by Crippen LogP contribution is -2.00. The van der Waals surface area contributed by atoms with E-state index in [0.29, 0.717) is 11.4 Å². The summed E-state index contributed by atoms with van der Waals surface area (Å²) in [5, 5.41) is 10.7. The average Bonchev–Trinajstić information content (AvgIpc) is 2.68. The number of aliphatic hydroxyl groups excluding tert-OH is 1. The van der Waals surface area contributed by atoms with Gasteiger partial charge in [0.2, 0.25) is 0 Å². The van der Waals surface area contributed by atoms with Gasteiger partial charge in [0.05, 0.1) is 14.9 Å². The van der Waals surface area contributed by atoms with Crippen LogP contribution in [-0.4, -0.2) is 5.11 Å². The maximum absolute atomic E-state index is 10.1. The van der Waals surface area contributed by atoms with Crippen LogP contribution in [0.4, 0.5) is 0 Å². The molecule has 0 saturated heterocycles. The third kappa shape index (κ3) is 3.55. The van der Waals surface area contributed by atoms with Crippen molar-refractivity contribution in [1.82, 2.24) is 0 Å². The molecule has 0 aliphatic carbocycles. The van der Waals surface area contributed by atoms with Gasteiger partial charge in [0.25, 0.3) is 0 Å². The Labute approximate surface area is 126 Å². The first kappa shape index (κ1) is 13.6. The maximum atomic E-state index is 10.1. The van der Waals surface area contributed by atoms with E-state index in [0.717, 1.165) is 18.7 Å². The van der Waals surface area contributed by atoms with Crippen molar-refractivity contribution < 1.29 is 5.11 Å². The molecule has 1 aromatic heterocycles. The van der Waals surface area contributed by atoms with Crippen molar-refractivity contribution in [1.29, 1.82) is 0 Å². The Hall–Kier alpha value is 0.130. The lowest BCUT2D eigenvalue weighted by molar-refractivity contribution is 0.179. The highest BCUT2D eigenvalue weighted by atomic mass is 79.9. The molecule has 0 bridgehead atoms. The van der Waals surface area contributed by atoms with Gasteiger partial charge in [0.1, 0.15) is 0 Å². The van der Waals surface area contributed by atoms with Gasteiger partial charge < -0.3 is 5.11 Å². The summed E-state index contributed by atoms with van der Waals surface area (Å²) in [6.07, 6.45) is 0.0833. The second kappa shape index (κ2) is 5.85. The number of hydrogen-bond acceptors (Lipinski definition) is 2. The number of thiophene rings is 1. The second-order valence-electron chi connectivity index (χ2n) is 3.60. The molecule has 0 aliphatic heterocycles. The lowest BCUT2D eigenvalue weighted by atomic mass is 10.1. The van der Waals surface area contributed by atoms with Gasteiger partial charge in [0, 0.05) is 15.8 Å². The van der Waals surface area contributed by atoms with Crippen LogP contribution in [0.25, 0.3) is 0 Å². The Kier molecular flexibility index (Phi) is 4.66. The van der Waals surface area contributed by atoms with Gasteiger partial charge in [-0.05, 0) is 61.7 Å². The van der Waals surface area contributed by atoms with Crippen molar-refractivity contribution in [2.45, 2.75) is 12.5 Å². The molecule has 1 heterocycles. The summed E-state index contributed by atoms with van der Waals surface area (Å²) in [4.78, 5) is 1.14. The molecule has 0 radical (unpaired) electrons. The fraction of sp³-hybridized carbons (Fsp3) is 0.167. The fourth-order valence-corrected chi connectivity index (χ4v) is 3.44. The van der Waals surface area contributed by atoms with E-state index in [4.69, 9.17) is 11.6 Å². The van der Waals surface area contributed by atoms with Crippen molar-refractivity contribution in [2.75, 3.05) is 0 Å². The monoisotopic (exact) mass is 394 g/mol. The van der Waals surface area contributed by atoms with E-state index in [9.17, 15) is 5.11 Å². The summed E-state index contributed by atoms with van der Waals surface area (Å²) >= 11 is 14.4. The van der Waals surface area contributed by atoms with E-state index in [-0.39, 0.29) is 0 Å². The summed E-state index contributed by atoms with van der Waals surface area (Å²) in [7, 11) is 0. The van der Waals surface area contributed by atoms with Crippen LogP contribution in [0.5, 0.6) is 0 Å². The standard InChI is InChI=1S/C12H9Br2ClOS/c13-9-3-1-7(5-10(9)15)11(16)6-8-2-4-12(14)17-8/h1-5,11,16H,6H2. The zero-order valence-corrected chi connectivity index (χ0v) is 13.4. The number of hydrogen-bond donors (Lipinski definition) is 1. The van der Waals surface area contributed by atoms with E-state index >= 15 is 0 Å². The molecule has 5 heteroatoms. The van der Waals surface area contributed by atoms with Crippen molar-refractivity contribution in [2.24, 2.45) is 0 Å². The molecule has 0 amide bonds. The van der Waals surface area contributed by atoms with Gasteiger partial charge in [0.15, 0.2) is 0 Å². The third-order valence-electron chi connectivity index (χ3n) is 2.35. The Balaban J connectivity index is 2.14. The van der Waals surface area contributed by atoms with Gasteiger partial charge in [-0.1, -0.05) is 17.7 Å². The molecule has 90 valence electrons. The van der Waals surface area contributed by atoms with E-state index in [1.54, 1.807) is 17.4 Å². The molecule has 1 N–H and O–H groups in total. The van der Waals surface area contributed by atoms with Crippen LogP contribution in [0, 0.1) is 0 Å². The highest BCUT2D eigenvalue weighted by Crippen LogP contribution is 2.30. The zero-order chi connectivity index (χ0) is 12.4. The molecule has 2 rings (SSSR count). The molecular formula is C12H9Br2ClOS. The Bertz CT molecular complexity index is 527. The van der Waals surface area contributed by atoms with E-state index in [1.807, 2.05) is 24.3 Å². The molecule has 0 saturated carbocycles. The Morgan fingerprint density at radius 1 is 1.24 bits per heavy atom. The first-order chi connectivity index (χ1) is 8.06. The minimum absolute atomic E-state index is 0.522. The molecule has 1 nitrogen and oxygen atoms in total. The average molecular weight is 397 g/mol. The van der Waals surface area contributed by atoms with Crippen LogP contribution >= 0.6 is 54.8 Å². The van der Waals surface area contributed by atoms with Gasteiger partial charge in [-0.25, -0.2) is 0 Å². The van der Waals surface area contributed by atoms with E-state index in [2.05, 4.69) is 31.9 Å². The molecular weight excluding hydrogens is 387 g/mol. The van der Waals surface area contributed by atoms with Crippen molar-refractivity contribution in [3.05, 3.63) is 54.1 Å². The van der Waals surface area contributed by atoms with Crippen LogP contribution in [-0.2, 0) is 6.42 Å². The molecule has 1 atom stereocenters. The zero-order valence-electron chi connectivity index (χ0n) is 8.66. The van der Waals surface area contributed by atoms with E-state index < -0.39 is 6.10 Å². The summed E-state index contributed by atoms with van der Waals surface area (Å²) in [5.74, 6) is 0. The number of rotatable bonds is 3.